The van der Waals surface area contributed by atoms with Gasteiger partial charge in [0.15, 0.2) is 0 Å². The molecule has 2 rings (SSSR count). The number of hydrogen-bond acceptors (Lipinski definition) is 4. The SMILES string of the molecule is CCNc1ncnc(NCCC2CCC2)c1CC. The summed E-state index contributed by atoms with van der Waals surface area (Å²) in [5, 5.41) is 6.77. The summed E-state index contributed by atoms with van der Waals surface area (Å²) in [6, 6.07) is 0. The molecule has 0 atom stereocenters. The molecule has 1 aromatic rings. The van der Waals surface area contributed by atoms with E-state index in [0.29, 0.717) is 0 Å². The Morgan fingerprint density at radius 1 is 1.17 bits per heavy atom. The van der Waals surface area contributed by atoms with Crippen molar-refractivity contribution in [3.05, 3.63) is 11.9 Å². The molecule has 0 radical (unpaired) electrons. The van der Waals surface area contributed by atoms with Crippen molar-refractivity contribution in [2.75, 3.05) is 23.7 Å². The van der Waals surface area contributed by atoms with E-state index < -0.39 is 0 Å². The number of rotatable bonds is 7. The summed E-state index contributed by atoms with van der Waals surface area (Å²) in [4.78, 5) is 8.68. The molecule has 1 fully saturated rings. The van der Waals surface area contributed by atoms with E-state index in [4.69, 9.17) is 0 Å². The molecule has 4 nitrogen and oxygen atoms in total. The summed E-state index contributed by atoms with van der Waals surface area (Å²) in [5.41, 5.74) is 1.20. The van der Waals surface area contributed by atoms with Gasteiger partial charge in [-0.25, -0.2) is 9.97 Å². The number of anilines is 2. The van der Waals surface area contributed by atoms with E-state index in [1.807, 2.05) is 0 Å². The summed E-state index contributed by atoms with van der Waals surface area (Å²) in [7, 11) is 0. The molecule has 0 amide bonds. The summed E-state index contributed by atoms with van der Waals surface area (Å²) in [5.74, 6) is 2.92. The average molecular weight is 248 g/mol. The van der Waals surface area contributed by atoms with Gasteiger partial charge in [0.25, 0.3) is 0 Å². The number of hydrogen-bond donors (Lipinski definition) is 2. The van der Waals surface area contributed by atoms with Crippen LogP contribution in [0.4, 0.5) is 11.6 Å². The Labute approximate surface area is 110 Å². The first kappa shape index (κ1) is 13.1. The van der Waals surface area contributed by atoms with Gasteiger partial charge in [-0.15, -0.1) is 0 Å². The van der Waals surface area contributed by atoms with E-state index in [1.54, 1.807) is 6.33 Å². The van der Waals surface area contributed by atoms with Crippen LogP contribution < -0.4 is 10.6 Å². The zero-order chi connectivity index (χ0) is 12.8. The Hall–Kier alpha value is -1.32. The molecule has 1 aliphatic carbocycles. The summed E-state index contributed by atoms with van der Waals surface area (Å²) in [6.45, 7) is 6.16. The van der Waals surface area contributed by atoms with Gasteiger partial charge in [-0.1, -0.05) is 26.2 Å². The monoisotopic (exact) mass is 248 g/mol. The van der Waals surface area contributed by atoms with Crippen LogP contribution in [0.1, 0.15) is 45.1 Å². The van der Waals surface area contributed by atoms with Crippen LogP contribution in [-0.2, 0) is 6.42 Å². The maximum absolute atomic E-state index is 4.37. The molecular weight excluding hydrogens is 224 g/mol. The van der Waals surface area contributed by atoms with Gasteiger partial charge < -0.3 is 10.6 Å². The van der Waals surface area contributed by atoms with Gasteiger partial charge in [0.1, 0.15) is 18.0 Å². The maximum atomic E-state index is 4.37. The van der Waals surface area contributed by atoms with Crippen molar-refractivity contribution in [1.29, 1.82) is 0 Å². The fourth-order valence-electron chi connectivity index (χ4n) is 2.40. The van der Waals surface area contributed by atoms with Gasteiger partial charge in [-0.2, -0.15) is 0 Å². The van der Waals surface area contributed by atoms with Gasteiger partial charge in [-0.05, 0) is 25.7 Å². The van der Waals surface area contributed by atoms with Gasteiger partial charge >= 0.3 is 0 Å². The van der Waals surface area contributed by atoms with Crippen molar-refractivity contribution in [3.8, 4) is 0 Å². The molecule has 1 heterocycles. The minimum atomic E-state index is 0.894. The molecule has 0 spiro atoms. The Morgan fingerprint density at radius 2 is 1.89 bits per heavy atom. The molecular formula is C14H24N4. The Bertz CT molecular complexity index is 374. The van der Waals surface area contributed by atoms with Crippen LogP contribution >= 0.6 is 0 Å². The predicted molar refractivity (Wildman–Crippen MR) is 76.0 cm³/mol. The summed E-state index contributed by atoms with van der Waals surface area (Å²) >= 11 is 0. The highest BCUT2D eigenvalue weighted by molar-refractivity contribution is 5.57. The second-order valence-corrected chi connectivity index (χ2v) is 4.95. The second-order valence-electron chi connectivity index (χ2n) is 4.95. The highest BCUT2D eigenvalue weighted by Gasteiger charge is 2.17. The van der Waals surface area contributed by atoms with Crippen molar-refractivity contribution < 1.29 is 0 Å². The summed E-state index contributed by atoms with van der Waals surface area (Å²) < 4.78 is 0. The zero-order valence-electron chi connectivity index (χ0n) is 11.5. The maximum Gasteiger partial charge on any atom is 0.134 e. The molecule has 4 heteroatoms. The third-order valence-corrected chi connectivity index (χ3v) is 3.71. The van der Waals surface area contributed by atoms with Crippen LogP contribution in [0.25, 0.3) is 0 Å². The highest BCUT2D eigenvalue weighted by atomic mass is 15.1. The lowest BCUT2D eigenvalue weighted by molar-refractivity contribution is 0.303. The Balaban J connectivity index is 1.94. The molecule has 0 aliphatic heterocycles. The van der Waals surface area contributed by atoms with Crippen molar-refractivity contribution in [2.24, 2.45) is 5.92 Å². The lowest BCUT2D eigenvalue weighted by atomic mass is 9.83. The molecule has 100 valence electrons. The molecule has 18 heavy (non-hydrogen) atoms. The van der Waals surface area contributed by atoms with E-state index in [-0.39, 0.29) is 0 Å². The van der Waals surface area contributed by atoms with E-state index in [1.165, 1.54) is 31.2 Å². The number of aromatic nitrogens is 2. The van der Waals surface area contributed by atoms with Gasteiger partial charge in [0, 0.05) is 18.7 Å². The molecule has 0 saturated heterocycles. The summed E-state index contributed by atoms with van der Waals surface area (Å²) in [6.07, 6.45) is 8.11. The number of nitrogens with zero attached hydrogens (tertiary/aromatic N) is 2. The highest BCUT2D eigenvalue weighted by Crippen LogP contribution is 2.29. The van der Waals surface area contributed by atoms with Gasteiger partial charge in [-0.3, -0.25) is 0 Å². The molecule has 0 bridgehead atoms. The zero-order valence-corrected chi connectivity index (χ0v) is 11.5. The van der Waals surface area contributed by atoms with Crippen molar-refractivity contribution in [2.45, 2.75) is 46.0 Å². The average Bonchev–Trinajstić information content (AvgIpc) is 2.33. The first-order chi connectivity index (χ1) is 8.85. The second kappa shape index (κ2) is 6.57. The normalized spacial score (nSPS) is 15.2. The lowest BCUT2D eigenvalue weighted by Gasteiger charge is -2.25. The lowest BCUT2D eigenvalue weighted by Crippen LogP contribution is -2.17. The van der Waals surface area contributed by atoms with Gasteiger partial charge in [0.2, 0.25) is 0 Å². The smallest absolute Gasteiger partial charge is 0.134 e. The molecule has 1 aromatic heterocycles. The molecule has 2 N–H and O–H groups in total. The van der Waals surface area contributed by atoms with Crippen LogP contribution in [0.3, 0.4) is 0 Å². The first-order valence-electron chi connectivity index (χ1n) is 7.16. The number of nitrogens with one attached hydrogen (secondary N) is 2. The minimum absolute atomic E-state index is 0.894. The van der Waals surface area contributed by atoms with Crippen LogP contribution in [0.5, 0.6) is 0 Å². The van der Waals surface area contributed by atoms with E-state index >= 15 is 0 Å². The first-order valence-corrected chi connectivity index (χ1v) is 7.16. The molecule has 0 aromatic carbocycles. The minimum Gasteiger partial charge on any atom is -0.370 e. The van der Waals surface area contributed by atoms with Gasteiger partial charge in [0.05, 0.1) is 0 Å². The van der Waals surface area contributed by atoms with E-state index in [9.17, 15) is 0 Å². The third-order valence-electron chi connectivity index (χ3n) is 3.71. The van der Waals surface area contributed by atoms with Crippen molar-refractivity contribution in [1.82, 2.24) is 9.97 Å². The van der Waals surface area contributed by atoms with Crippen LogP contribution in [0, 0.1) is 5.92 Å². The predicted octanol–water partition coefficient (Wildman–Crippen LogP) is 3.07. The van der Waals surface area contributed by atoms with Crippen LogP contribution in [-0.4, -0.2) is 23.1 Å². The van der Waals surface area contributed by atoms with E-state index in [2.05, 4.69) is 34.4 Å². The largest absolute Gasteiger partial charge is 0.370 e. The van der Waals surface area contributed by atoms with Crippen LogP contribution in [0.15, 0.2) is 6.33 Å². The quantitative estimate of drug-likeness (QED) is 0.778. The standard InChI is InChI=1S/C14H24N4/c1-3-12-13(15-4-2)17-10-18-14(12)16-9-8-11-6-5-7-11/h10-11H,3-9H2,1-2H3,(H2,15,16,17,18). The Morgan fingerprint density at radius 3 is 2.44 bits per heavy atom. The van der Waals surface area contributed by atoms with Crippen LogP contribution in [0.2, 0.25) is 0 Å². The van der Waals surface area contributed by atoms with E-state index in [0.717, 1.165) is 37.1 Å². The molecule has 1 saturated carbocycles. The van der Waals surface area contributed by atoms with Crippen molar-refractivity contribution >= 4 is 11.6 Å². The topological polar surface area (TPSA) is 49.8 Å². The third kappa shape index (κ3) is 3.12. The fourth-order valence-corrected chi connectivity index (χ4v) is 2.40. The molecule has 1 aliphatic rings. The fraction of sp³-hybridized carbons (Fsp3) is 0.714. The molecule has 0 unspecified atom stereocenters. The Kier molecular flexibility index (Phi) is 4.79. The van der Waals surface area contributed by atoms with Crippen molar-refractivity contribution in [3.63, 3.8) is 0 Å².